The van der Waals surface area contributed by atoms with Gasteiger partial charge in [0.25, 0.3) is 5.91 Å². The lowest BCUT2D eigenvalue weighted by Crippen LogP contribution is -2.26. The molecule has 34 heavy (non-hydrogen) atoms. The molecule has 8 nitrogen and oxygen atoms in total. The van der Waals surface area contributed by atoms with E-state index in [9.17, 15) is 9.59 Å². The largest absolute Gasteiger partial charge is 0.490 e. The molecule has 0 radical (unpaired) electrons. The van der Waals surface area contributed by atoms with Gasteiger partial charge >= 0.3 is 5.97 Å². The summed E-state index contributed by atoms with van der Waals surface area (Å²) in [5.74, 6) is 1.99. The fraction of sp³-hybridized carbons (Fsp3) is 0.308. The van der Waals surface area contributed by atoms with Crippen LogP contribution in [0.1, 0.15) is 39.2 Å². The van der Waals surface area contributed by atoms with Gasteiger partial charge in [0.2, 0.25) is 0 Å². The maximum atomic E-state index is 13.0. The third-order valence-electron chi connectivity index (χ3n) is 4.96. The molecule has 0 aliphatic heterocycles. The van der Waals surface area contributed by atoms with Crippen molar-refractivity contribution in [3.05, 3.63) is 77.2 Å². The zero-order chi connectivity index (χ0) is 24.5. The Morgan fingerprint density at radius 1 is 0.941 bits per heavy atom. The number of hydrogen-bond donors (Lipinski definition) is 0. The van der Waals surface area contributed by atoms with Crippen molar-refractivity contribution in [3.8, 4) is 17.2 Å². The predicted molar refractivity (Wildman–Crippen MR) is 126 cm³/mol. The summed E-state index contributed by atoms with van der Waals surface area (Å²) in [5, 5.41) is 0. The third kappa shape index (κ3) is 6.31. The van der Waals surface area contributed by atoms with E-state index >= 15 is 0 Å². The molecule has 3 aromatic rings. The van der Waals surface area contributed by atoms with Gasteiger partial charge in [-0.1, -0.05) is 18.2 Å². The van der Waals surface area contributed by atoms with Gasteiger partial charge in [-0.2, -0.15) is 0 Å². The third-order valence-corrected chi connectivity index (χ3v) is 4.96. The summed E-state index contributed by atoms with van der Waals surface area (Å²) >= 11 is 0. The fourth-order valence-corrected chi connectivity index (χ4v) is 3.32. The number of furan rings is 1. The molecule has 0 spiro atoms. The van der Waals surface area contributed by atoms with E-state index in [0.29, 0.717) is 54.0 Å². The first-order valence-corrected chi connectivity index (χ1v) is 10.9. The first kappa shape index (κ1) is 24.7. The summed E-state index contributed by atoms with van der Waals surface area (Å²) in [6.07, 6.45) is 0. The molecular formula is C26H29NO7. The van der Waals surface area contributed by atoms with Crippen LogP contribution >= 0.6 is 0 Å². The molecule has 0 unspecified atom stereocenters. The molecule has 1 heterocycles. The van der Waals surface area contributed by atoms with Gasteiger partial charge in [-0.05, 0) is 50.2 Å². The highest BCUT2D eigenvalue weighted by Crippen LogP contribution is 2.29. The maximum absolute atomic E-state index is 13.0. The standard InChI is InChI=1S/C26H29NO7/c1-5-31-24-15-19(11-12-23(24)33-14-13-32-20-9-7-6-8-10-20)25(28)27(3)17-21-16-22(18(2)34-21)26(29)30-4/h6-12,15-16H,5,13-14,17H2,1-4H3. The topological polar surface area (TPSA) is 87.4 Å². The molecule has 0 bridgehead atoms. The minimum Gasteiger partial charge on any atom is -0.490 e. The van der Waals surface area contributed by atoms with Gasteiger partial charge in [0, 0.05) is 12.6 Å². The number of nitrogens with zero attached hydrogens (tertiary/aromatic N) is 1. The first-order valence-electron chi connectivity index (χ1n) is 10.9. The van der Waals surface area contributed by atoms with E-state index in [0.717, 1.165) is 5.75 Å². The fourth-order valence-electron chi connectivity index (χ4n) is 3.32. The molecule has 0 fully saturated rings. The highest BCUT2D eigenvalue weighted by molar-refractivity contribution is 5.95. The number of para-hydroxylation sites is 1. The lowest BCUT2D eigenvalue weighted by molar-refractivity contribution is 0.0598. The number of aryl methyl sites for hydroxylation is 1. The summed E-state index contributed by atoms with van der Waals surface area (Å²) in [4.78, 5) is 26.3. The van der Waals surface area contributed by atoms with Gasteiger partial charge in [-0.3, -0.25) is 4.79 Å². The second-order valence-corrected chi connectivity index (χ2v) is 7.44. The zero-order valence-electron chi connectivity index (χ0n) is 19.8. The predicted octanol–water partition coefficient (Wildman–Crippen LogP) is 4.50. The van der Waals surface area contributed by atoms with Crippen molar-refractivity contribution in [2.24, 2.45) is 0 Å². The molecule has 0 saturated heterocycles. The van der Waals surface area contributed by atoms with E-state index in [1.54, 1.807) is 38.2 Å². The van der Waals surface area contributed by atoms with E-state index < -0.39 is 5.97 Å². The quantitative estimate of drug-likeness (QED) is 0.303. The molecule has 2 aromatic carbocycles. The Labute approximate surface area is 199 Å². The molecule has 0 saturated carbocycles. The molecule has 8 heteroatoms. The SMILES string of the molecule is CCOc1cc(C(=O)N(C)Cc2cc(C(=O)OC)c(C)o2)ccc1OCCOc1ccccc1. The monoisotopic (exact) mass is 467 g/mol. The normalized spacial score (nSPS) is 10.5. The average Bonchev–Trinajstić information content (AvgIpc) is 3.22. The number of rotatable bonds is 11. The molecule has 1 amide bonds. The van der Waals surface area contributed by atoms with E-state index in [4.69, 9.17) is 23.4 Å². The lowest BCUT2D eigenvalue weighted by atomic mass is 10.1. The lowest BCUT2D eigenvalue weighted by Gasteiger charge is -2.18. The minimum atomic E-state index is -0.479. The summed E-state index contributed by atoms with van der Waals surface area (Å²) in [6.45, 7) is 4.84. The Bertz CT molecular complexity index is 1110. The van der Waals surface area contributed by atoms with E-state index in [-0.39, 0.29) is 12.5 Å². The van der Waals surface area contributed by atoms with Crippen molar-refractivity contribution in [2.45, 2.75) is 20.4 Å². The molecule has 0 aliphatic carbocycles. The minimum absolute atomic E-state index is 0.190. The van der Waals surface area contributed by atoms with Gasteiger partial charge in [-0.25, -0.2) is 4.79 Å². The van der Waals surface area contributed by atoms with Crippen LogP contribution in [0, 0.1) is 6.92 Å². The highest BCUT2D eigenvalue weighted by Gasteiger charge is 2.20. The van der Waals surface area contributed by atoms with Crippen molar-refractivity contribution in [1.82, 2.24) is 4.90 Å². The maximum Gasteiger partial charge on any atom is 0.341 e. The van der Waals surface area contributed by atoms with Crippen LogP contribution in [0.15, 0.2) is 59.0 Å². The van der Waals surface area contributed by atoms with Crippen LogP contribution in [0.25, 0.3) is 0 Å². The number of ether oxygens (including phenoxy) is 4. The summed E-state index contributed by atoms with van der Waals surface area (Å²) < 4.78 is 27.5. The molecule has 0 atom stereocenters. The van der Waals surface area contributed by atoms with Crippen molar-refractivity contribution >= 4 is 11.9 Å². The van der Waals surface area contributed by atoms with Crippen LogP contribution in [0.2, 0.25) is 0 Å². The smallest absolute Gasteiger partial charge is 0.341 e. The Morgan fingerprint density at radius 2 is 1.68 bits per heavy atom. The van der Waals surface area contributed by atoms with Crippen LogP contribution < -0.4 is 14.2 Å². The molecule has 1 aromatic heterocycles. The van der Waals surface area contributed by atoms with Gasteiger partial charge in [-0.15, -0.1) is 0 Å². The Morgan fingerprint density at radius 3 is 2.38 bits per heavy atom. The van der Waals surface area contributed by atoms with Crippen LogP contribution in [0.4, 0.5) is 0 Å². The van der Waals surface area contributed by atoms with Gasteiger partial charge in [0.1, 0.15) is 36.0 Å². The van der Waals surface area contributed by atoms with E-state index in [1.807, 2.05) is 37.3 Å². The van der Waals surface area contributed by atoms with E-state index in [1.165, 1.54) is 12.0 Å². The Balaban J connectivity index is 1.63. The molecule has 3 rings (SSSR count). The number of carbonyl (C=O) groups is 2. The van der Waals surface area contributed by atoms with Gasteiger partial charge < -0.3 is 28.3 Å². The zero-order valence-corrected chi connectivity index (χ0v) is 19.8. The highest BCUT2D eigenvalue weighted by atomic mass is 16.5. The van der Waals surface area contributed by atoms with Crippen LogP contribution in [-0.4, -0.2) is 50.8 Å². The number of esters is 1. The number of benzene rings is 2. The Kier molecular flexibility index (Phi) is 8.56. The molecule has 0 aliphatic rings. The Hall–Kier alpha value is -3.94. The van der Waals surface area contributed by atoms with Gasteiger partial charge in [0.15, 0.2) is 11.5 Å². The number of amides is 1. The number of methoxy groups -OCH3 is 1. The van der Waals surface area contributed by atoms with E-state index in [2.05, 4.69) is 0 Å². The molecule has 180 valence electrons. The van der Waals surface area contributed by atoms with Crippen molar-refractivity contribution < 1.29 is 33.0 Å². The van der Waals surface area contributed by atoms with Crippen LogP contribution in [0.3, 0.4) is 0 Å². The summed E-state index contributed by atoms with van der Waals surface area (Å²) in [6, 6.07) is 16.1. The van der Waals surface area contributed by atoms with Crippen molar-refractivity contribution in [1.29, 1.82) is 0 Å². The second kappa shape index (κ2) is 11.8. The van der Waals surface area contributed by atoms with Crippen LogP contribution in [0.5, 0.6) is 17.2 Å². The summed E-state index contributed by atoms with van der Waals surface area (Å²) in [5.41, 5.74) is 0.782. The molecule has 0 N–H and O–H groups in total. The average molecular weight is 468 g/mol. The van der Waals surface area contributed by atoms with Crippen LogP contribution in [-0.2, 0) is 11.3 Å². The number of carbonyl (C=O) groups excluding carboxylic acids is 2. The molecular weight excluding hydrogens is 438 g/mol. The van der Waals surface area contributed by atoms with Gasteiger partial charge in [0.05, 0.1) is 20.3 Å². The first-order chi connectivity index (χ1) is 16.4. The van der Waals surface area contributed by atoms with Crippen molar-refractivity contribution in [3.63, 3.8) is 0 Å². The summed E-state index contributed by atoms with van der Waals surface area (Å²) in [7, 11) is 2.97. The number of hydrogen-bond acceptors (Lipinski definition) is 7. The second-order valence-electron chi connectivity index (χ2n) is 7.44. The van der Waals surface area contributed by atoms with Crippen molar-refractivity contribution in [2.75, 3.05) is 34.0 Å².